The van der Waals surface area contributed by atoms with Crippen LogP contribution in [0.3, 0.4) is 0 Å². The third kappa shape index (κ3) is 7.66. The molecule has 0 aliphatic heterocycles. The average Bonchev–Trinajstić information content (AvgIpc) is 1.87. The maximum atomic E-state index is 5.29. The molecule has 0 atom stereocenters. The van der Waals surface area contributed by atoms with Crippen LogP contribution in [-0.2, 0) is 0 Å². The highest BCUT2D eigenvalue weighted by molar-refractivity contribution is 4.92. The van der Waals surface area contributed by atoms with Gasteiger partial charge in [-0.15, -0.1) is 0 Å². The highest BCUT2D eigenvalue weighted by atomic mass is 14.9. The van der Waals surface area contributed by atoms with E-state index in [0.717, 1.165) is 26.1 Å². The Morgan fingerprint density at radius 1 is 1.40 bits per heavy atom. The Morgan fingerprint density at radius 3 is 2.60 bits per heavy atom. The van der Waals surface area contributed by atoms with Crippen molar-refractivity contribution in [2.24, 2.45) is 5.73 Å². The van der Waals surface area contributed by atoms with Crippen molar-refractivity contribution < 1.29 is 0 Å². The van der Waals surface area contributed by atoms with Gasteiger partial charge >= 0.3 is 0 Å². The van der Waals surface area contributed by atoms with E-state index in [-0.39, 0.29) is 0 Å². The van der Waals surface area contributed by atoms with E-state index in [1.165, 1.54) is 5.57 Å². The Labute approximate surface area is 63.5 Å². The Balaban J connectivity index is 2.98. The number of rotatable bonds is 5. The first-order chi connectivity index (χ1) is 4.77. The molecule has 2 nitrogen and oxygen atoms in total. The lowest BCUT2D eigenvalue weighted by Gasteiger charge is -1.98. The van der Waals surface area contributed by atoms with Crippen molar-refractivity contribution in [2.75, 3.05) is 19.6 Å². The third-order valence-corrected chi connectivity index (χ3v) is 1.19. The van der Waals surface area contributed by atoms with E-state index in [4.69, 9.17) is 5.73 Å². The lowest BCUT2D eigenvalue weighted by Crippen LogP contribution is -2.22. The van der Waals surface area contributed by atoms with E-state index in [0.29, 0.717) is 0 Å². The zero-order valence-corrected chi connectivity index (χ0v) is 6.98. The molecule has 0 aromatic rings. The summed E-state index contributed by atoms with van der Waals surface area (Å²) >= 11 is 0. The topological polar surface area (TPSA) is 38.0 Å². The molecule has 3 N–H and O–H groups in total. The van der Waals surface area contributed by atoms with Crippen molar-refractivity contribution in [1.29, 1.82) is 0 Å². The monoisotopic (exact) mass is 142 g/mol. The average molecular weight is 142 g/mol. The number of allylic oxidation sites excluding steroid dienone is 1. The molecule has 0 aromatic carbocycles. The number of nitrogens with two attached hydrogens (primary N) is 1. The standard InChI is InChI=1S/C8H18N2/c1-8(2)4-3-6-10-7-5-9/h4,10H,3,5-7,9H2,1-2H3. The number of hydrogen-bond donors (Lipinski definition) is 2. The molecule has 0 rings (SSSR count). The van der Waals surface area contributed by atoms with Crippen molar-refractivity contribution in [1.82, 2.24) is 5.32 Å². The van der Waals surface area contributed by atoms with Gasteiger partial charge in [0.25, 0.3) is 0 Å². The van der Waals surface area contributed by atoms with Crippen molar-refractivity contribution in [3.63, 3.8) is 0 Å². The molecule has 0 aromatic heterocycles. The first kappa shape index (κ1) is 9.66. The van der Waals surface area contributed by atoms with Gasteiger partial charge < -0.3 is 11.1 Å². The van der Waals surface area contributed by atoms with Gasteiger partial charge in [0, 0.05) is 13.1 Å². The van der Waals surface area contributed by atoms with E-state index >= 15 is 0 Å². The predicted molar refractivity (Wildman–Crippen MR) is 46.0 cm³/mol. The summed E-state index contributed by atoms with van der Waals surface area (Å²) in [6.45, 7) is 6.93. The molecular formula is C8H18N2. The molecule has 0 aliphatic carbocycles. The van der Waals surface area contributed by atoms with E-state index in [1.807, 2.05) is 0 Å². The van der Waals surface area contributed by atoms with Gasteiger partial charge in [0.1, 0.15) is 0 Å². The zero-order chi connectivity index (χ0) is 7.82. The Bertz CT molecular complexity index is 93.4. The van der Waals surface area contributed by atoms with Crippen molar-refractivity contribution in [3.05, 3.63) is 11.6 Å². The van der Waals surface area contributed by atoms with Crippen LogP contribution in [0.4, 0.5) is 0 Å². The first-order valence-corrected chi connectivity index (χ1v) is 3.81. The summed E-state index contributed by atoms with van der Waals surface area (Å²) in [5, 5.41) is 3.22. The van der Waals surface area contributed by atoms with Crippen LogP contribution in [0.25, 0.3) is 0 Å². The normalized spacial score (nSPS) is 9.50. The second kappa shape index (κ2) is 6.78. The van der Waals surface area contributed by atoms with Crippen molar-refractivity contribution >= 4 is 0 Å². The maximum Gasteiger partial charge on any atom is 0.00746 e. The minimum absolute atomic E-state index is 0.731. The molecule has 0 spiro atoms. The maximum absolute atomic E-state index is 5.29. The fourth-order valence-electron chi connectivity index (χ4n) is 0.690. The zero-order valence-electron chi connectivity index (χ0n) is 6.98. The van der Waals surface area contributed by atoms with Gasteiger partial charge in [-0.25, -0.2) is 0 Å². The summed E-state index contributed by atoms with van der Waals surface area (Å²) in [7, 11) is 0. The van der Waals surface area contributed by atoms with Gasteiger partial charge in [-0.1, -0.05) is 11.6 Å². The van der Waals surface area contributed by atoms with Crippen LogP contribution in [0.15, 0.2) is 11.6 Å². The largest absolute Gasteiger partial charge is 0.329 e. The van der Waals surface area contributed by atoms with Crippen LogP contribution >= 0.6 is 0 Å². The molecule has 0 saturated carbocycles. The molecular weight excluding hydrogens is 124 g/mol. The Kier molecular flexibility index (Phi) is 6.55. The van der Waals surface area contributed by atoms with Gasteiger partial charge in [-0.3, -0.25) is 0 Å². The Morgan fingerprint density at radius 2 is 2.10 bits per heavy atom. The summed E-state index contributed by atoms with van der Waals surface area (Å²) < 4.78 is 0. The first-order valence-electron chi connectivity index (χ1n) is 3.81. The van der Waals surface area contributed by atoms with E-state index in [1.54, 1.807) is 0 Å². The minimum atomic E-state index is 0.731. The van der Waals surface area contributed by atoms with E-state index < -0.39 is 0 Å². The summed E-state index contributed by atoms with van der Waals surface area (Å²) in [6, 6.07) is 0. The van der Waals surface area contributed by atoms with Crippen LogP contribution in [0.5, 0.6) is 0 Å². The number of hydrogen-bond acceptors (Lipinski definition) is 2. The van der Waals surface area contributed by atoms with Crippen LogP contribution in [-0.4, -0.2) is 19.6 Å². The molecule has 0 radical (unpaired) electrons. The summed E-state index contributed by atoms with van der Waals surface area (Å²) in [5.41, 5.74) is 6.68. The molecule has 60 valence electrons. The van der Waals surface area contributed by atoms with Crippen molar-refractivity contribution in [2.45, 2.75) is 20.3 Å². The number of nitrogens with one attached hydrogen (secondary N) is 1. The predicted octanol–water partition coefficient (Wildman–Crippen LogP) is 0.891. The minimum Gasteiger partial charge on any atom is -0.329 e. The van der Waals surface area contributed by atoms with Crippen LogP contribution < -0.4 is 11.1 Å². The molecule has 2 heteroatoms. The van der Waals surface area contributed by atoms with Crippen LogP contribution in [0.2, 0.25) is 0 Å². The lowest BCUT2D eigenvalue weighted by atomic mass is 10.3. The second-order valence-electron chi connectivity index (χ2n) is 2.61. The molecule has 0 unspecified atom stereocenters. The summed E-state index contributed by atoms with van der Waals surface area (Å²) in [5.74, 6) is 0. The Hall–Kier alpha value is -0.340. The molecule has 0 aliphatic rings. The summed E-state index contributed by atoms with van der Waals surface area (Å²) in [4.78, 5) is 0. The van der Waals surface area contributed by atoms with Gasteiger partial charge in [0.2, 0.25) is 0 Å². The second-order valence-corrected chi connectivity index (χ2v) is 2.61. The molecule has 0 fully saturated rings. The van der Waals surface area contributed by atoms with E-state index in [9.17, 15) is 0 Å². The molecule has 0 bridgehead atoms. The van der Waals surface area contributed by atoms with Crippen LogP contribution in [0, 0.1) is 0 Å². The SMILES string of the molecule is CC(C)=CCCNCCN. The van der Waals surface area contributed by atoms with E-state index in [2.05, 4.69) is 25.2 Å². The van der Waals surface area contributed by atoms with Gasteiger partial charge in [0.05, 0.1) is 0 Å². The van der Waals surface area contributed by atoms with Crippen molar-refractivity contribution in [3.8, 4) is 0 Å². The molecule has 0 amide bonds. The summed E-state index contributed by atoms with van der Waals surface area (Å²) in [6.07, 6.45) is 3.34. The fraction of sp³-hybridized carbons (Fsp3) is 0.750. The van der Waals surface area contributed by atoms with Gasteiger partial charge in [0.15, 0.2) is 0 Å². The lowest BCUT2D eigenvalue weighted by molar-refractivity contribution is 0.695. The highest BCUT2D eigenvalue weighted by Crippen LogP contribution is 1.90. The quantitative estimate of drug-likeness (QED) is 0.442. The fourth-order valence-corrected chi connectivity index (χ4v) is 0.690. The highest BCUT2D eigenvalue weighted by Gasteiger charge is 1.81. The smallest absolute Gasteiger partial charge is 0.00746 e. The third-order valence-electron chi connectivity index (χ3n) is 1.19. The molecule has 0 saturated heterocycles. The molecule has 10 heavy (non-hydrogen) atoms. The molecule has 0 heterocycles. The van der Waals surface area contributed by atoms with Crippen LogP contribution in [0.1, 0.15) is 20.3 Å². The van der Waals surface area contributed by atoms with Gasteiger partial charge in [-0.05, 0) is 26.8 Å². The van der Waals surface area contributed by atoms with Gasteiger partial charge in [-0.2, -0.15) is 0 Å².